The number of ether oxygens (including phenoxy) is 1. The summed E-state index contributed by atoms with van der Waals surface area (Å²) in [6, 6.07) is 8.07. The van der Waals surface area contributed by atoms with E-state index >= 15 is 0 Å². The zero-order valence-electron chi connectivity index (χ0n) is 15.6. The zero-order valence-corrected chi connectivity index (χ0v) is 18.7. The maximum Gasteiger partial charge on any atom is 0.261 e. The van der Waals surface area contributed by atoms with Crippen LogP contribution < -0.4 is 9.46 Å². The molecule has 2 aromatic carbocycles. The van der Waals surface area contributed by atoms with Crippen LogP contribution in [0.2, 0.25) is 10.0 Å². The summed E-state index contributed by atoms with van der Waals surface area (Å²) in [4.78, 5) is -0.166. The van der Waals surface area contributed by atoms with E-state index in [0.717, 1.165) is 12.8 Å². The van der Waals surface area contributed by atoms with Crippen LogP contribution >= 0.6 is 23.2 Å². The largest absolute Gasteiger partial charge is 0.492 e. The predicted molar refractivity (Wildman–Crippen MR) is 113 cm³/mol. The minimum absolute atomic E-state index is 0.0735. The monoisotopic (exact) mass is 478 g/mol. The van der Waals surface area contributed by atoms with Gasteiger partial charge in [0.25, 0.3) is 10.0 Å². The Hall–Kier alpha value is -1.52. The van der Waals surface area contributed by atoms with Gasteiger partial charge in [-0.2, -0.15) is 4.31 Å². The van der Waals surface area contributed by atoms with Gasteiger partial charge in [0.05, 0.1) is 27.2 Å². The van der Waals surface area contributed by atoms with E-state index in [2.05, 4.69) is 4.72 Å². The Morgan fingerprint density at radius 1 is 1.00 bits per heavy atom. The molecule has 0 atom stereocenters. The van der Waals surface area contributed by atoms with Gasteiger partial charge in [0.2, 0.25) is 10.0 Å². The standard InChI is InChI=1S/C18H20Cl2N2O5S2/c1-2-27-17-8-5-13(11-18(17)29(25,26)22-9-3-4-10-22)21-28(23,24)14-6-7-15(19)16(20)12-14/h5-8,11-12,21H,2-4,9-10H2,1H3. The lowest BCUT2D eigenvalue weighted by Gasteiger charge is -2.19. The van der Waals surface area contributed by atoms with Gasteiger partial charge < -0.3 is 4.74 Å². The van der Waals surface area contributed by atoms with E-state index in [0.29, 0.717) is 13.1 Å². The molecule has 1 aliphatic rings. The van der Waals surface area contributed by atoms with Crippen molar-refractivity contribution >= 4 is 48.9 Å². The van der Waals surface area contributed by atoms with Crippen molar-refractivity contribution in [3.63, 3.8) is 0 Å². The van der Waals surface area contributed by atoms with Crippen molar-refractivity contribution < 1.29 is 21.6 Å². The number of nitrogens with one attached hydrogen (secondary N) is 1. The molecule has 29 heavy (non-hydrogen) atoms. The summed E-state index contributed by atoms with van der Waals surface area (Å²) < 4.78 is 60.7. The maximum atomic E-state index is 13.0. The van der Waals surface area contributed by atoms with Gasteiger partial charge >= 0.3 is 0 Å². The summed E-state index contributed by atoms with van der Waals surface area (Å²) in [5, 5.41) is 0.323. The van der Waals surface area contributed by atoms with E-state index in [-0.39, 0.29) is 37.9 Å². The first kappa shape index (κ1) is 22.2. The average Bonchev–Trinajstić information content (AvgIpc) is 3.20. The Kier molecular flexibility index (Phi) is 6.64. The highest BCUT2D eigenvalue weighted by molar-refractivity contribution is 7.92. The first-order valence-corrected chi connectivity index (χ1v) is 12.6. The fraction of sp³-hybridized carbons (Fsp3) is 0.333. The van der Waals surface area contributed by atoms with Gasteiger partial charge in [0.15, 0.2) is 0 Å². The van der Waals surface area contributed by atoms with Crippen molar-refractivity contribution in [2.24, 2.45) is 0 Å². The fourth-order valence-electron chi connectivity index (χ4n) is 2.97. The van der Waals surface area contributed by atoms with Crippen molar-refractivity contribution in [2.45, 2.75) is 29.6 Å². The van der Waals surface area contributed by atoms with Crippen LogP contribution in [0.5, 0.6) is 5.75 Å². The van der Waals surface area contributed by atoms with Crippen molar-refractivity contribution in [2.75, 3.05) is 24.4 Å². The molecule has 11 heteroatoms. The number of sulfonamides is 2. The second-order valence-corrected chi connectivity index (χ2v) is 10.8. The highest BCUT2D eigenvalue weighted by Gasteiger charge is 2.30. The number of anilines is 1. The number of nitrogens with zero attached hydrogens (tertiary/aromatic N) is 1. The molecule has 7 nitrogen and oxygen atoms in total. The fourth-order valence-corrected chi connectivity index (χ4v) is 6.09. The third-order valence-corrected chi connectivity index (χ3v) is 8.42. The van der Waals surface area contributed by atoms with Crippen molar-refractivity contribution in [3.05, 3.63) is 46.4 Å². The third kappa shape index (κ3) is 4.80. The molecule has 0 spiro atoms. The van der Waals surface area contributed by atoms with Crippen LogP contribution in [-0.2, 0) is 20.0 Å². The van der Waals surface area contributed by atoms with Crippen LogP contribution in [0.1, 0.15) is 19.8 Å². The van der Waals surface area contributed by atoms with Gasteiger partial charge in [-0.05, 0) is 56.2 Å². The van der Waals surface area contributed by atoms with Crippen LogP contribution in [0, 0.1) is 0 Å². The molecule has 1 N–H and O–H groups in total. The average molecular weight is 479 g/mol. The first-order chi connectivity index (χ1) is 13.6. The highest BCUT2D eigenvalue weighted by Crippen LogP contribution is 2.33. The van der Waals surface area contributed by atoms with E-state index in [1.807, 2.05) is 0 Å². The van der Waals surface area contributed by atoms with Crippen molar-refractivity contribution in [1.29, 1.82) is 0 Å². The Labute approximate surface area is 180 Å². The van der Waals surface area contributed by atoms with Gasteiger partial charge in [0.1, 0.15) is 10.6 Å². The summed E-state index contributed by atoms with van der Waals surface area (Å²) in [6.45, 7) is 2.87. The van der Waals surface area contributed by atoms with Gasteiger partial charge in [-0.15, -0.1) is 0 Å². The zero-order chi connectivity index (χ0) is 21.2. The lowest BCUT2D eigenvalue weighted by atomic mass is 10.3. The van der Waals surface area contributed by atoms with Gasteiger partial charge in [0, 0.05) is 13.1 Å². The molecular formula is C18H20Cl2N2O5S2. The summed E-state index contributed by atoms with van der Waals surface area (Å²) >= 11 is 11.7. The first-order valence-electron chi connectivity index (χ1n) is 8.90. The Morgan fingerprint density at radius 2 is 1.69 bits per heavy atom. The number of hydrogen-bond acceptors (Lipinski definition) is 5. The quantitative estimate of drug-likeness (QED) is 0.649. The molecule has 0 unspecified atom stereocenters. The molecule has 1 saturated heterocycles. The summed E-state index contributed by atoms with van der Waals surface area (Å²) in [5.41, 5.74) is 0.0947. The minimum Gasteiger partial charge on any atom is -0.492 e. The van der Waals surface area contributed by atoms with Crippen LogP contribution in [-0.4, -0.2) is 40.8 Å². The minimum atomic E-state index is -4.00. The number of hydrogen-bond donors (Lipinski definition) is 1. The molecule has 0 saturated carbocycles. The Morgan fingerprint density at radius 3 is 2.31 bits per heavy atom. The molecule has 0 amide bonds. The molecule has 0 aliphatic carbocycles. The lowest BCUT2D eigenvalue weighted by Crippen LogP contribution is -2.28. The van der Waals surface area contributed by atoms with Gasteiger partial charge in [-0.3, -0.25) is 4.72 Å². The van der Waals surface area contributed by atoms with Crippen LogP contribution in [0.3, 0.4) is 0 Å². The molecule has 1 fully saturated rings. The van der Waals surface area contributed by atoms with Gasteiger partial charge in [-0.25, -0.2) is 16.8 Å². The van der Waals surface area contributed by atoms with Crippen LogP contribution in [0.25, 0.3) is 0 Å². The van der Waals surface area contributed by atoms with E-state index < -0.39 is 20.0 Å². The highest BCUT2D eigenvalue weighted by atomic mass is 35.5. The molecular weight excluding hydrogens is 459 g/mol. The number of benzene rings is 2. The Balaban J connectivity index is 1.99. The molecule has 0 radical (unpaired) electrons. The van der Waals surface area contributed by atoms with E-state index in [9.17, 15) is 16.8 Å². The van der Waals surface area contributed by atoms with Crippen molar-refractivity contribution in [1.82, 2.24) is 4.31 Å². The molecule has 1 heterocycles. The van der Waals surface area contributed by atoms with Crippen molar-refractivity contribution in [3.8, 4) is 5.75 Å². The van der Waals surface area contributed by atoms with Crippen LogP contribution in [0.15, 0.2) is 46.2 Å². The smallest absolute Gasteiger partial charge is 0.261 e. The number of halogens is 2. The predicted octanol–water partition coefficient (Wildman–Crippen LogP) is 3.98. The maximum absolute atomic E-state index is 13.0. The topological polar surface area (TPSA) is 92.8 Å². The van der Waals surface area contributed by atoms with E-state index in [1.165, 1.54) is 40.7 Å². The molecule has 158 valence electrons. The SMILES string of the molecule is CCOc1ccc(NS(=O)(=O)c2ccc(Cl)c(Cl)c2)cc1S(=O)(=O)N1CCCC1. The molecule has 1 aliphatic heterocycles. The third-order valence-electron chi connectivity index (χ3n) is 4.38. The van der Waals surface area contributed by atoms with Crippen LogP contribution in [0.4, 0.5) is 5.69 Å². The van der Waals surface area contributed by atoms with E-state index in [4.69, 9.17) is 27.9 Å². The number of rotatable bonds is 7. The second-order valence-electron chi connectivity index (χ2n) is 6.39. The summed E-state index contributed by atoms with van der Waals surface area (Å²) in [6.07, 6.45) is 1.57. The van der Waals surface area contributed by atoms with Gasteiger partial charge in [-0.1, -0.05) is 23.2 Å². The molecule has 0 bridgehead atoms. The lowest BCUT2D eigenvalue weighted by molar-refractivity contribution is 0.330. The normalized spacial score (nSPS) is 15.4. The molecule has 0 aromatic heterocycles. The van der Waals surface area contributed by atoms with E-state index in [1.54, 1.807) is 6.92 Å². The summed E-state index contributed by atoms with van der Waals surface area (Å²) in [5.74, 6) is 0.178. The second kappa shape index (κ2) is 8.69. The summed E-state index contributed by atoms with van der Waals surface area (Å²) in [7, 11) is -7.81. The molecule has 3 rings (SSSR count). The molecule has 2 aromatic rings. The Bertz CT molecular complexity index is 1120.